The lowest BCUT2D eigenvalue weighted by Crippen LogP contribution is -2.58. The standard InChI is InChI=1S/C16H24BrClN2O/c1-15(2)9-20(10-16(3,4)21-15)14(8-19)11-5-6-13(18)12(17)7-11/h5-7,14H,8-10,19H2,1-4H3. The zero-order valence-electron chi connectivity index (χ0n) is 13.1. The van der Waals surface area contributed by atoms with Gasteiger partial charge in [-0.3, -0.25) is 4.90 Å². The largest absolute Gasteiger partial charge is 0.367 e. The van der Waals surface area contributed by atoms with Gasteiger partial charge in [-0.25, -0.2) is 0 Å². The van der Waals surface area contributed by atoms with Crippen LogP contribution in [0.4, 0.5) is 0 Å². The number of benzene rings is 1. The van der Waals surface area contributed by atoms with Crippen LogP contribution < -0.4 is 5.73 Å². The first-order chi connectivity index (χ1) is 9.63. The van der Waals surface area contributed by atoms with Gasteiger partial charge in [0.15, 0.2) is 0 Å². The smallest absolute Gasteiger partial charge is 0.0761 e. The second-order valence-electron chi connectivity index (χ2n) is 6.95. The molecular weight excluding hydrogens is 352 g/mol. The molecule has 1 aliphatic rings. The molecule has 1 fully saturated rings. The molecule has 1 saturated heterocycles. The molecule has 1 unspecified atom stereocenters. The quantitative estimate of drug-likeness (QED) is 0.868. The molecule has 0 amide bonds. The van der Waals surface area contributed by atoms with E-state index in [1.165, 1.54) is 5.56 Å². The summed E-state index contributed by atoms with van der Waals surface area (Å²) >= 11 is 9.59. The summed E-state index contributed by atoms with van der Waals surface area (Å²) in [6.07, 6.45) is 0. The van der Waals surface area contributed by atoms with Gasteiger partial charge in [-0.1, -0.05) is 17.7 Å². The van der Waals surface area contributed by atoms with E-state index in [2.05, 4.69) is 60.7 Å². The van der Waals surface area contributed by atoms with Crippen LogP contribution in [0.15, 0.2) is 22.7 Å². The fraction of sp³-hybridized carbons (Fsp3) is 0.625. The molecule has 118 valence electrons. The molecule has 1 aromatic carbocycles. The maximum absolute atomic E-state index is 6.15. The Morgan fingerprint density at radius 1 is 1.29 bits per heavy atom. The zero-order valence-corrected chi connectivity index (χ0v) is 15.5. The third-order valence-corrected chi connectivity index (χ3v) is 4.93. The number of nitrogens with zero attached hydrogens (tertiary/aromatic N) is 1. The minimum Gasteiger partial charge on any atom is -0.367 e. The zero-order chi connectivity index (χ0) is 15.8. The SMILES string of the molecule is CC1(C)CN(C(CN)c2ccc(Cl)c(Br)c2)CC(C)(C)O1. The molecule has 2 rings (SSSR count). The number of ether oxygens (including phenoxy) is 1. The highest BCUT2D eigenvalue weighted by Gasteiger charge is 2.40. The van der Waals surface area contributed by atoms with Crippen molar-refractivity contribution in [2.75, 3.05) is 19.6 Å². The molecule has 0 spiro atoms. The molecule has 21 heavy (non-hydrogen) atoms. The van der Waals surface area contributed by atoms with Gasteiger partial charge < -0.3 is 10.5 Å². The molecule has 0 radical (unpaired) electrons. The monoisotopic (exact) mass is 374 g/mol. The van der Waals surface area contributed by atoms with Crippen molar-refractivity contribution in [1.82, 2.24) is 4.90 Å². The highest BCUT2D eigenvalue weighted by atomic mass is 79.9. The van der Waals surface area contributed by atoms with Gasteiger partial charge in [-0.2, -0.15) is 0 Å². The summed E-state index contributed by atoms with van der Waals surface area (Å²) in [6, 6.07) is 6.21. The van der Waals surface area contributed by atoms with Gasteiger partial charge in [0.05, 0.1) is 16.2 Å². The topological polar surface area (TPSA) is 38.5 Å². The lowest BCUT2D eigenvalue weighted by atomic mass is 9.95. The summed E-state index contributed by atoms with van der Waals surface area (Å²) in [6.45, 7) is 10.8. The van der Waals surface area contributed by atoms with Crippen LogP contribution in [0.3, 0.4) is 0 Å². The van der Waals surface area contributed by atoms with Crippen LogP contribution >= 0.6 is 27.5 Å². The minimum absolute atomic E-state index is 0.168. The fourth-order valence-corrected chi connectivity index (χ4v) is 3.80. The number of rotatable bonds is 3. The van der Waals surface area contributed by atoms with Crippen LogP contribution in [0.1, 0.15) is 39.3 Å². The van der Waals surface area contributed by atoms with Crippen molar-refractivity contribution in [2.24, 2.45) is 5.73 Å². The molecule has 3 nitrogen and oxygen atoms in total. The first-order valence-electron chi connectivity index (χ1n) is 7.23. The number of halogens is 2. The predicted molar refractivity (Wildman–Crippen MR) is 91.8 cm³/mol. The molecule has 0 saturated carbocycles. The minimum atomic E-state index is -0.182. The van der Waals surface area contributed by atoms with E-state index < -0.39 is 0 Å². The van der Waals surface area contributed by atoms with E-state index in [1.807, 2.05) is 6.07 Å². The molecular formula is C16H24BrClN2O. The Balaban J connectivity index is 2.29. The number of hydrogen-bond donors (Lipinski definition) is 1. The molecule has 1 aliphatic heterocycles. The summed E-state index contributed by atoms with van der Waals surface area (Å²) in [5, 5.41) is 0.720. The maximum Gasteiger partial charge on any atom is 0.0761 e. The summed E-state index contributed by atoms with van der Waals surface area (Å²) in [4.78, 5) is 2.42. The molecule has 1 aromatic rings. The Kier molecular flexibility index (Phi) is 5.06. The van der Waals surface area contributed by atoms with E-state index in [1.54, 1.807) is 0 Å². The van der Waals surface area contributed by atoms with E-state index in [0.717, 1.165) is 22.6 Å². The summed E-state index contributed by atoms with van der Waals surface area (Å²) < 4.78 is 7.06. The molecule has 2 N–H and O–H groups in total. The predicted octanol–water partition coefficient (Wildman–Crippen LogP) is 3.99. The van der Waals surface area contributed by atoms with E-state index in [0.29, 0.717) is 6.54 Å². The van der Waals surface area contributed by atoms with Gasteiger partial charge in [0, 0.05) is 30.1 Å². The van der Waals surface area contributed by atoms with Gasteiger partial charge in [0.25, 0.3) is 0 Å². The van der Waals surface area contributed by atoms with E-state index in [9.17, 15) is 0 Å². The van der Waals surface area contributed by atoms with Crippen molar-refractivity contribution in [3.63, 3.8) is 0 Å². The highest BCUT2D eigenvalue weighted by molar-refractivity contribution is 9.10. The third kappa shape index (κ3) is 4.20. The molecule has 1 heterocycles. The second-order valence-corrected chi connectivity index (χ2v) is 8.21. The Morgan fingerprint density at radius 3 is 2.33 bits per heavy atom. The Labute approximate surface area is 140 Å². The van der Waals surface area contributed by atoms with Crippen LogP contribution in [0, 0.1) is 0 Å². The highest BCUT2D eigenvalue weighted by Crippen LogP contribution is 2.34. The van der Waals surface area contributed by atoms with Gasteiger partial charge in [-0.15, -0.1) is 0 Å². The molecule has 1 atom stereocenters. The van der Waals surface area contributed by atoms with E-state index in [-0.39, 0.29) is 17.2 Å². The van der Waals surface area contributed by atoms with Crippen molar-refractivity contribution in [3.8, 4) is 0 Å². The Morgan fingerprint density at radius 2 is 1.86 bits per heavy atom. The Hall–Kier alpha value is -0.130. The van der Waals surface area contributed by atoms with Gasteiger partial charge >= 0.3 is 0 Å². The van der Waals surface area contributed by atoms with Crippen molar-refractivity contribution in [1.29, 1.82) is 0 Å². The molecule has 0 bridgehead atoms. The number of nitrogens with two attached hydrogens (primary N) is 1. The van der Waals surface area contributed by atoms with Gasteiger partial charge in [-0.05, 0) is 61.3 Å². The average molecular weight is 376 g/mol. The van der Waals surface area contributed by atoms with Crippen LogP contribution in [-0.4, -0.2) is 35.7 Å². The number of hydrogen-bond acceptors (Lipinski definition) is 3. The molecule has 0 aromatic heterocycles. The van der Waals surface area contributed by atoms with E-state index in [4.69, 9.17) is 22.1 Å². The van der Waals surface area contributed by atoms with Crippen molar-refractivity contribution >= 4 is 27.5 Å². The third-order valence-electron chi connectivity index (χ3n) is 3.71. The molecule has 5 heteroatoms. The average Bonchev–Trinajstić information content (AvgIpc) is 2.30. The maximum atomic E-state index is 6.15. The van der Waals surface area contributed by atoms with Crippen molar-refractivity contribution < 1.29 is 4.74 Å². The lowest BCUT2D eigenvalue weighted by Gasteiger charge is -2.49. The van der Waals surface area contributed by atoms with Crippen molar-refractivity contribution in [2.45, 2.75) is 44.9 Å². The lowest BCUT2D eigenvalue weighted by molar-refractivity contribution is -0.187. The summed E-state index contributed by atoms with van der Waals surface area (Å²) in [5.41, 5.74) is 6.89. The first kappa shape index (κ1) is 17.2. The molecule has 0 aliphatic carbocycles. The van der Waals surface area contributed by atoms with Crippen LogP contribution in [0.5, 0.6) is 0 Å². The summed E-state index contributed by atoms with van der Waals surface area (Å²) in [7, 11) is 0. The van der Waals surface area contributed by atoms with Crippen molar-refractivity contribution in [3.05, 3.63) is 33.3 Å². The first-order valence-corrected chi connectivity index (χ1v) is 8.40. The Bertz CT molecular complexity index is 503. The summed E-state index contributed by atoms with van der Waals surface area (Å²) in [5.74, 6) is 0. The number of morpholine rings is 1. The fourth-order valence-electron chi connectivity index (χ4n) is 3.28. The normalized spacial score (nSPS) is 23.0. The van der Waals surface area contributed by atoms with Gasteiger partial charge in [0.1, 0.15) is 0 Å². The second kappa shape index (κ2) is 6.17. The van der Waals surface area contributed by atoms with Crippen LogP contribution in [-0.2, 0) is 4.74 Å². The van der Waals surface area contributed by atoms with Crippen LogP contribution in [0.2, 0.25) is 5.02 Å². The van der Waals surface area contributed by atoms with Gasteiger partial charge in [0.2, 0.25) is 0 Å². The van der Waals surface area contributed by atoms with E-state index >= 15 is 0 Å². The van der Waals surface area contributed by atoms with Crippen LogP contribution in [0.25, 0.3) is 0 Å².